The molecular formula is C24H29Cl4N3O4S. The average molecular weight is 597 g/mol. The van der Waals surface area contributed by atoms with Gasteiger partial charge in [0.15, 0.2) is 0 Å². The highest BCUT2D eigenvalue weighted by atomic mass is 35.5. The molecule has 0 bridgehead atoms. The minimum Gasteiger partial charge on any atom is -0.354 e. The zero-order valence-electron chi connectivity index (χ0n) is 20.4. The van der Waals surface area contributed by atoms with Crippen LogP contribution in [0, 0.1) is 5.92 Å². The van der Waals surface area contributed by atoms with Crippen molar-refractivity contribution in [1.29, 1.82) is 0 Å². The van der Waals surface area contributed by atoms with Gasteiger partial charge < -0.3 is 10.2 Å². The number of benzene rings is 2. The molecular weight excluding hydrogens is 568 g/mol. The molecule has 2 amide bonds. The van der Waals surface area contributed by atoms with Gasteiger partial charge in [-0.2, -0.15) is 0 Å². The van der Waals surface area contributed by atoms with E-state index in [1.807, 2.05) is 13.8 Å². The van der Waals surface area contributed by atoms with Crippen molar-refractivity contribution < 1.29 is 18.0 Å². The number of hydrogen-bond donors (Lipinski definition) is 1. The van der Waals surface area contributed by atoms with Gasteiger partial charge in [0.1, 0.15) is 12.6 Å². The topological polar surface area (TPSA) is 86.8 Å². The Kier molecular flexibility index (Phi) is 11.2. The zero-order chi connectivity index (χ0) is 27.2. The summed E-state index contributed by atoms with van der Waals surface area (Å²) in [6, 6.07) is 8.21. The first-order valence-electron chi connectivity index (χ1n) is 11.2. The highest BCUT2D eigenvalue weighted by molar-refractivity contribution is 7.92. The molecule has 0 heterocycles. The second-order valence-electron chi connectivity index (χ2n) is 8.72. The normalized spacial score (nSPS) is 12.4. The summed E-state index contributed by atoms with van der Waals surface area (Å²) in [6.07, 6.45) is 1.27. The third kappa shape index (κ3) is 8.70. The second-order valence-corrected chi connectivity index (χ2v) is 12.3. The molecule has 0 saturated heterocycles. The van der Waals surface area contributed by atoms with Gasteiger partial charge in [-0.05, 0) is 48.2 Å². The molecule has 1 unspecified atom stereocenters. The monoisotopic (exact) mass is 595 g/mol. The van der Waals surface area contributed by atoms with E-state index >= 15 is 0 Å². The fourth-order valence-corrected chi connectivity index (χ4v) is 5.29. The van der Waals surface area contributed by atoms with E-state index in [4.69, 9.17) is 46.4 Å². The van der Waals surface area contributed by atoms with Gasteiger partial charge in [0.25, 0.3) is 0 Å². The van der Waals surface area contributed by atoms with E-state index in [9.17, 15) is 18.0 Å². The molecule has 36 heavy (non-hydrogen) atoms. The van der Waals surface area contributed by atoms with Crippen LogP contribution in [-0.2, 0) is 26.2 Å². The van der Waals surface area contributed by atoms with Gasteiger partial charge in [-0.25, -0.2) is 8.42 Å². The maximum Gasteiger partial charge on any atom is 0.244 e. The Morgan fingerprint density at radius 3 is 2.08 bits per heavy atom. The maximum atomic E-state index is 13.7. The Balaban J connectivity index is 2.49. The number of anilines is 1. The molecule has 0 aliphatic carbocycles. The standard InChI is InChI=1S/C24H29Cl4N3O4S/c1-5-22(24(33)29-12-15(2)3)30(13-16-6-7-17(25)11-21(16)28)23(32)14-31(36(4,34)35)20-9-18(26)8-19(27)10-20/h6-11,15,22H,5,12-14H2,1-4H3,(H,29,33). The van der Waals surface area contributed by atoms with Gasteiger partial charge in [0.2, 0.25) is 21.8 Å². The van der Waals surface area contributed by atoms with Crippen LogP contribution in [0.5, 0.6) is 0 Å². The predicted octanol–water partition coefficient (Wildman–Crippen LogP) is 5.65. The molecule has 198 valence electrons. The first-order chi connectivity index (χ1) is 16.7. The molecule has 0 aliphatic rings. The Bertz CT molecular complexity index is 1190. The number of sulfonamides is 1. The molecule has 2 rings (SSSR count). The minimum atomic E-state index is -3.92. The molecule has 0 aromatic heterocycles. The van der Waals surface area contributed by atoms with E-state index in [1.54, 1.807) is 19.1 Å². The molecule has 1 N–H and O–H groups in total. The summed E-state index contributed by atoms with van der Waals surface area (Å²) in [6.45, 7) is 5.50. The molecule has 2 aromatic rings. The Labute approximate surface area is 232 Å². The van der Waals surface area contributed by atoms with Crippen LogP contribution < -0.4 is 9.62 Å². The Morgan fingerprint density at radius 2 is 1.58 bits per heavy atom. The van der Waals surface area contributed by atoms with Gasteiger partial charge in [0.05, 0.1) is 11.9 Å². The fraction of sp³-hybridized carbons (Fsp3) is 0.417. The molecule has 0 saturated carbocycles. The summed E-state index contributed by atoms with van der Waals surface area (Å²) in [5, 5.41) is 4.02. The SMILES string of the molecule is CCC(C(=O)NCC(C)C)N(Cc1ccc(Cl)cc1Cl)C(=O)CN(c1cc(Cl)cc(Cl)c1)S(C)(=O)=O. The molecule has 0 fully saturated rings. The average Bonchev–Trinajstić information content (AvgIpc) is 2.75. The largest absolute Gasteiger partial charge is 0.354 e. The fourth-order valence-electron chi connectivity index (χ4n) is 3.47. The lowest BCUT2D eigenvalue weighted by Gasteiger charge is -2.33. The lowest BCUT2D eigenvalue weighted by Crippen LogP contribution is -2.52. The predicted molar refractivity (Wildman–Crippen MR) is 148 cm³/mol. The number of rotatable bonds is 11. The third-order valence-electron chi connectivity index (χ3n) is 5.24. The van der Waals surface area contributed by atoms with Gasteiger partial charge in [-0.1, -0.05) is 73.2 Å². The summed E-state index contributed by atoms with van der Waals surface area (Å²) in [5.41, 5.74) is 0.686. The Hall–Kier alpha value is -1.71. The summed E-state index contributed by atoms with van der Waals surface area (Å²) in [4.78, 5) is 28.1. The molecule has 0 spiro atoms. The van der Waals surface area contributed by atoms with Crippen molar-refractivity contribution in [2.24, 2.45) is 5.92 Å². The first-order valence-corrected chi connectivity index (χ1v) is 14.5. The van der Waals surface area contributed by atoms with E-state index in [2.05, 4.69) is 5.32 Å². The highest BCUT2D eigenvalue weighted by Gasteiger charge is 2.32. The Morgan fingerprint density at radius 1 is 0.972 bits per heavy atom. The first kappa shape index (κ1) is 30.5. The number of halogens is 4. The van der Waals surface area contributed by atoms with E-state index in [1.165, 1.54) is 29.2 Å². The van der Waals surface area contributed by atoms with Crippen LogP contribution in [0.15, 0.2) is 36.4 Å². The van der Waals surface area contributed by atoms with Crippen LogP contribution in [0.4, 0.5) is 5.69 Å². The maximum absolute atomic E-state index is 13.7. The lowest BCUT2D eigenvalue weighted by atomic mass is 10.1. The van der Waals surface area contributed by atoms with Crippen LogP contribution >= 0.6 is 46.4 Å². The van der Waals surface area contributed by atoms with Crippen molar-refractivity contribution in [2.75, 3.05) is 23.7 Å². The van der Waals surface area contributed by atoms with Crippen molar-refractivity contribution in [3.8, 4) is 0 Å². The molecule has 12 heteroatoms. The van der Waals surface area contributed by atoms with Crippen molar-refractivity contribution in [2.45, 2.75) is 39.8 Å². The number of hydrogen-bond acceptors (Lipinski definition) is 4. The van der Waals surface area contributed by atoms with Crippen LogP contribution in [0.2, 0.25) is 20.1 Å². The summed E-state index contributed by atoms with van der Waals surface area (Å²) in [7, 11) is -3.92. The van der Waals surface area contributed by atoms with Gasteiger partial charge >= 0.3 is 0 Å². The molecule has 0 radical (unpaired) electrons. The van der Waals surface area contributed by atoms with Crippen LogP contribution in [0.25, 0.3) is 0 Å². The number of nitrogens with one attached hydrogen (secondary N) is 1. The smallest absolute Gasteiger partial charge is 0.244 e. The van der Waals surface area contributed by atoms with Crippen LogP contribution in [0.1, 0.15) is 32.8 Å². The van der Waals surface area contributed by atoms with Gasteiger partial charge in [-0.15, -0.1) is 0 Å². The van der Waals surface area contributed by atoms with Crippen LogP contribution in [-0.4, -0.2) is 50.5 Å². The van der Waals surface area contributed by atoms with Gasteiger partial charge in [0, 0.05) is 33.2 Å². The third-order valence-corrected chi connectivity index (χ3v) is 7.40. The molecule has 7 nitrogen and oxygen atoms in total. The molecule has 0 aliphatic heterocycles. The van der Waals surface area contributed by atoms with Crippen molar-refractivity contribution >= 4 is 73.9 Å². The quantitative estimate of drug-likeness (QED) is 0.363. The van der Waals surface area contributed by atoms with Crippen molar-refractivity contribution in [3.05, 3.63) is 62.1 Å². The lowest BCUT2D eigenvalue weighted by molar-refractivity contribution is -0.140. The van der Waals surface area contributed by atoms with E-state index in [-0.39, 0.29) is 34.1 Å². The summed E-state index contributed by atoms with van der Waals surface area (Å²) in [5.74, 6) is -0.745. The minimum absolute atomic E-state index is 0.0314. The number of carbonyl (C=O) groups is 2. The molecule has 1 atom stereocenters. The van der Waals surface area contributed by atoms with E-state index in [0.717, 1.165) is 10.6 Å². The van der Waals surface area contributed by atoms with Crippen molar-refractivity contribution in [1.82, 2.24) is 10.2 Å². The number of nitrogens with zero attached hydrogens (tertiary/aromatic N) is 2. The summed E-state index contributed by atoms with van der Waals surface area (Å²) < 4.78 is 26.2. The van der Waals surface area contributed by atoms with Gasteiger partial charge in [-0.3, -0.25) is 13.9 Å². The van der Waals surface area contributed by atoms with Crippen LogP contribution in [0.3, 0.4) is 0 Å². The second kappa shape index (κ2) is 13.2. The van der Waals surface area contributed by atoms with Crippen molar-refractivity contribution in [3.63, 3.8) is 0 Å². The number of carbonyl (C=O) groups excluding carboxylic acids is 2. The summed E-state index contributed by atoms with van der Waals surface area (Å²) >= 11 is 24.5. The zero-order valence-corrected chi connectivity index (χ0v) is 24.2. The molecule has 2 aromatic carbocycles. The highest BCUT2D eigenvalue weighted by Crippen LogP contribution is 2.28. The van der Waals surface area contributed by atoms with E-state index < -0.39 is 28.5 Å². The van der Waals surface area contributed by atoms with E-state index in [0.29, 0.717) is 28.6 Å². The number of amides is 2.